The first-order valence-corrected chi connectivity index (χ1v) is 13.7. The second-order valence-electron chi connectivity index (χ2n) is 11.5. The van der Waals surface area contributed by atoms with E-state index in [-0.39, 0.29) is 0 Å². The van der Waals surface area contributed by atoms with Crippen molar-refractivity contribution in [1.29, 1.82) is 0 Å². The number of methoxy groups -OCH3 is 1. The van der Waals surface area contributed by atoms with E-state index in [0.29, 0.717) is 29.3 Å². The minimum atomic E-state index is -1.31. The molecule has 0 bridgehead atoms. The smallest absolute Gasteiger partial charge is 0.408 e. The van der Waals surface area contributed by atoms with Gasteiger partial charge in [-0.15, -0.1) is 0 Å². The number of aliphatic hydroxyl groups is 1. The maximum atomic E-state index is 14.1. The fourth-order valence-electron chi connectivity index (χ4n) is 4.20. The molecule has 0 saturated heterocycles. The Bertz CT molecular complexity index is 1110. The number of carbonyl (C=O) groups excluding carboxylic acids is 3. The molecule has 3 atom stereocenters. The van der Waals surface area contributed by atoms with Gasteiger partial charge >= 0.3 is 6.09 Å². The average Bonchev–Trinajstić information content (AvgIpc) is 2.88. The molecule has 0 radical (unpaired) electrons. The van der Waals surface area contributed by atoms with Crippen LogP contribution in [-0.2, 0) is 14.3 Å². The molecule has 40 heavy (non-hydrogen) atoms. The van der Waals surface area contributed by atoms with E-state index < -0.39 is 48.2 Å². The normalized spacial score (nSPS) is 13.7. The number of ether oxygens (including phenoxy) is 2. The fraction of sp³-hybridized carbons (Fsp3) is 0.516. The SMILES string of the molecule is COc1ccc(NC(=O)C(c2ccc(C)cc2)N(C(=O)C(CO)NC(=O)OC(C)(C)C)C(C)CCC(C)C)cc1. The lowest BCUT2D eigenvalue weighted by atomic mass is 9.96. The Morgan fingerprint density at radius 3 is 2.05 bits per heavy atom. The monoisotopic (exact) mass is 555 g/mol. The summed E-state index contributed by atoms with van der Waals surface area (Å²) in [6, 6.07) is 11.6. The van der Waals surface area contributed by atoms with Crippen molar-refractivity contribution < 1.29 is 29.0 Å². The molecular weight excluding hydrogens is 510 g/mol. The molecule has 9 heteroatoms. The van der Waals surface area contributed by atoms with Gasteiger partial charge < -0.3 is 30.1 Å². The highest BCUT2D eigenvalue weighted by atomic mass is 16.6. The van der Waals surface area contributed by atoms with Crippen LogP contribution in [0.1, 0.15) is 71.6 Å². The minimum absolute atomic E-state index is 0.374. The van der Waals surface area contributed by atoms with Gasteiger partial charge in [0.2, 0.25) is 5.91 Å². The fourth-order valence-corrected chi connectivity index (χ4v) is 4.20. The molecule has 2 aromatic carbocycles. The summed E-state index contributed by atoms with van der Waals surface area (Å²) in [6.45, 7) is 12.5. The van der Waals surface area contributed by atoms with Crippen molar-refractivity contribution >= 4 is 23.6 Å². The number of nitrogens with zero attached hydrogens (tertiary/aromatic N) is 1. The summed E-state index contributed by atoms with van der Waals surface area (Å²) in [4.78, 5) is 42.1. The van der Waals surface area contributed by atoms with Crippen molar-refractivity contribution in [2.45, 2.75) is 85.0 Å². The van der Waals surface area contributed by atoms with Crippen LogP contribution >= 0.6 is 0 Å². The van der Waals surface area contributed by atoms with Gasteiger partial charge in [0, 0.05) is 11.7 Å². The maximum Gasteiger partial charge on any atom is 0.408 e. The summed E-state index contributed by atoms with van der Waals surface area (Å²) in [5.74, 6) is 0.0119. The Morgan fingerprint density at radius 2 is 1.55 bits per heavy atom. The van der Waals surface area contributed by atoms with Gasteiger partial charge in [0.05, 0.1) is 13.7 Å². The summed E-state index contributed by atoms with van der Waals surface area (Å²) >= 11 is 0. The molecule has 0 saturated carbocycles. The van der Waals surface area contributed by atoms with Crippen LogP contribution in [0.3, 0.4) is 0 Å². The molecule has 0 spiro atoms. The van der Waals surface area contributed by atoms with Gasteiger partial charge in [-0.05, 0) is 83.2 Å². The molecule has 3 unspecified atom stereocenters. The third-order valence-electron chi connectivity index (χ3n) is 6.34. The second-order valence-corrected chi connectivity index (χ2v) is 11.5. The zero-order valence-electron chi connectivity index (χ0n) is 25.0. The number of aliphatic hydroxyl groups excluding tert-OH is 1. The minimum Gasteiger partial charge on any atom is -0.497 e. The summed E-state index contributed by atoms with van der Waals surface area (Å²) in [6.07, 6.45) is 0.602. The number of nitrogens with one attached hydrogen (secondary N) is 2. The average molecular weight is 556 g/mol. The lowest BCUT2D eigenvalue weighted by Gasteiger charge is -2.38. The molecule has 3 amide bonds. The molecular formula is C31H45N3O6. The van der Waals surface area contributed by atoms with Gasteiger partial charge in [0.15, 0.2) is 0 Å². The van der Waals surface area contributed by atoms with Crippen molar-refractivity contribution in [3.63, 3.8) is 0 Å². The van der Waals surface area contributed by atoms with E-state index in [4.69, 9.17) is 9.47 Å². The van der Waals surface area contributed by atoms with Crippen LogP contribution in [-0.4, -0.2) is 59.3 Å². The predicted octanol–water partition coefficient (Wildman–Crippen LogP) is 5.22. The second kappa shape index (κ2) is 14.7. The van der Waals surface area contributed by atoms with Gasteiger partial charge in [-0.2, -0.15) is 0 Å². The molecule has 0 aliphatic rings. The first-order valence-electron chi connectivity index (χ1n) is 13.7. The predicted molar refractivity (Wildman–Crippen MR) is 156 cm³/mol. The van der Waals surface area contributed by atoms with Crippen molar-refractivity contribution in [2.24, 2.45) is 5.92 Å². The number of alkyl carbamates (subject to hydrolysis) is 1. The standard InChI is InChI=1S/C31H45N3O6/c1-20(2)9-12-22(4)34(29(37)26(19-35)33-30(38)40-31(5,6)7)27(23-13-10-21(3)11-14-23)28(36)32-24-15-17-25(39-8)18-16-24/h10-11,13-18,20,22,26-27,35H,9,12,19H2,1-8H3,(H,32,36)(H,33,38). The molecule has 9 nitrogen and oxygen atoms in total. The first-order chi connectivity index (χ1) is 18.7. The highest BCUT2D eigenvalue weighted by Crippen LogP contribution is 2.29. The highest BCUT2D eigenvalue weighted by Gasteiger charge is 2.38. The topological polar surface area (TPSA) is 117 Å². The largest absolute Gasteiger partial charge is 0.497 e. The van der Waals surface area contributed by atoms with Gasteiger partial charge in [0.1, 0.15) is 23.4 Å². The third-order valence-corrected chi connectivity index (χ3v) is 6.34. The quantitative estimate of drug-likeness (QED) is 0.331. The van der Waals surface area contributed by atoms with E-state index in [1.807, 2.05) is 38.1 Å². The number of anilines is 1. The Kier molecular flexibility index (Phi) is 12.0. The third kappa shape index (κ3) is 9.86. The molecule has 0 aliphatic carbocycles. The van der Waals surface area contributed by atoms with E-state index in [1.165, 1.54) is 4.90 Å². The summed E-state index contributed by atoms with van der Waals surface area (Å²) < 4.78 is 10.5. The van der Waals surface area contributed by atoms with Crippen LogP contribution in [0.25, 0.3) is 0 Å². The van der Waals surface area contributed by atoms with Crippen molar-refractivity contribution in [2.75, 3.05) is 19.0 Å². The number of hydrogen-bond acceptors (Lipinski definition) is 6. The van der Waals surface area contributed by atoms with Crippen molar-refractivity contribution in [1.82, 2.24) is 10.2 Å². The van der Waals surface area contributed by atoms with Crippen LogP contribution in [0.5, 0.6) is 5.75 Å². The van der Waals surface area contributed by atoms with Crippen LogP contribution in [0.2, 0.25) is 0 Å². The van der Waals surface area contributed by atoms with Crippen LogP contribution in [0.15, 0.2) is 48.5 Å². The number of carbonyl (C=O) groups is 3. The summed E-state index contributed by atoms with van der Waals surface area (Å²) in [5.41, 5.74) is 1.36. The molecule has 2 rings (SSSR count). The molecule has 0 heterocycles. The van der Waals surface area contributed by atoms with Crippen LogP contribution in [0, 0.1) is 12.8 Å². The van der Waals surface area contributed by atoms with E-state index in [0.717, 1.165) is 12.0 Å². The van der Waals surface area contributed by atoms with E-state index in [2.05, 4.69) is 24.5 Å². The lowest BCUT2D eigenvalue weighted by molar-refractivity contribution is -0.144. The zero-order chi connectivity index (χ0) is 30.0. The molecule has 220 valence electrons. The lowest BCUT2D eigenvalue weighted by Crippen LogP contribution is -2.56. The summed E-state index contributed by atoms with van der Waals surface area (Å²) in [5, 5.41) is 15.6. The molecule has 3 N–H and O–H groups in total. The highest BCUT2D eigenvalue weighted by molar-refractivity contribution is 5.99. The number of aryl methyl sites for hydroxylation is 1. The van der Waals surface area contributed by atoms with Crippen LogP contribution < -0.4 is 15.4 Å². The molecule has 2 aromatic rings. The Labute approximate surface area is 238 Å². The van der Waals surface area contributed by atoms with E-state index in [9.17, 15) is 19.5 Å². The van der Waals surface area contributed by atoms with E-state index in [1.54, 1.807) is 52.1 Å². The number of hydrogen-bond donors (Lipinski definition) is 3. The Balaban J connectivity index is 2.54. The van der Waals surface area contributed by atoms with Gasteiger partial charge in [-0.3, -0.25) is 9.59 Å². The molecule has 0 aliphatic heterocycles. The number of amides is 3. The van der Waals surface area contributed by atoms with Gasteiger partial charge in [-0.1, -0.05) is 43.7 Å². The Hall–Kier alpha value is -3.59. The number of benzene rings is 2. The number of rotatable bonds is 12. The van der Waals surface area contributed by atoms with Gasteiger partial charge in [-0.25, -0.2) is 4.79 Å². The molecule has 0 aromatic heterocycles. The van der Waals surface area contributed by atoms with Crippen LogP contribution in [0.4, 0.5) is 10.5 Å². The molecule has 0 fully saturated rings. The zero-order valence-corrected chi connectivity index (χ0v) is 25.0. The van der Waals surface area contributed by atoms with Gasteiger partial charge in [0.25, 0.3) is 5.91 Å². The maximum absolute atomic E-state index is 14.1. The Morgan fingerprint density at radius 1 is 0.950 bits per heavy atom. The first kappa shape index (κ1) is 32.6. The van der Waals surface area contributed by atoms with Crippen molar-refractivity contribution in [3.8, 4) is 5.75 Å². The van der Waals surface area contributed by atoms with E-state index >= 15 is 0 Å². The van der Waals surface area contributed by atoms with Crippen molar-refractivity contribution in [3.05, 3.63) is 59.7 Å². The summed E-state index contributed by atoms with van der Waals surface area (Å²) in [7, 11) is 1.56.